The Hall–Kier alpha value is -2.07. The van der Waals surface area contributed by atoms with Gasteiger partial charge in [0.2, 0.25) is 0 Å². The summed E-state index contributed by atoms with van der Waals surface area (Å²) in [4.78, 5) is 12.1. The van der Waals surface area contributed by atoms with E-state index < -0.39 is 0 Å². The Morgan fingerprint density at radius 1 is 1.26 bits per heavy atom. The third kappa shape index (κ3) is 3.23. The highest BCUT2D eigenvalue weighted by Crippen LogP contribution is 2.15. The summed E-state index contributed by atoms with van der Waals surface area (Å²) in [6.07, 6.45) is 2.83. The quantitative estimate of drug-likeness (QED) is 0.867. The van der Waals surface area contributed by atoms with Gasteiger partial charge in [0.25, 0.3) is 5.91 Å². The number of hydrogen-bond donors (Lipinski definition) is 2. The zero-order valence-corrected chi connectivity index (χ0v) is 10.8. The van der Waals surface area contributed by atoms with E-state index in [1.54, 1.807) is 6.07 Å². The van der Waals surface area contributed by atoms with Crippen LogP contribution in [0, 0.1) is 0 Å². The molecule has 0 atom stereocenters. The first-order chi connectivity index (χ1) is 9.24. The summed E-state index contributed by atoms with van der Waals surface area (Å²) in [6.45, 7) is 2.07. The molecule has 4 heteroatoms. The maximum absolute atomic E-state index is 12.1. The zero-order chi connectivity index (χ0) is 13.7. The molecule has 100 valence electrons. The van der Waals surface area contributed by atoms with Crippen LogP contribution in [0.5, 0.6) is 0 Å². The molecule has 2 aromatic rings. The van der Waals surface area contributed by atoms with Crippen LogP contribution in [-0.4, -0.2) is 17.6 Å². The van der Waals surface area contributed by atoms with Gasteiger partial charge in [-0.2, -0.15) is 0 Å². The molecule has 0 saturated carbocycles. The van der Waals surface area contributed by atoms with Crippen LogP contribution in [0.3, 0.4) is 0 Å². The molecule has 0 aliphatic heterocycles. The molecule has 0 aliphatic carbocycles. The number of anilines is 1. The molecule has 2 N–H and O–H groups in total. The van der Waals surface area contributed by atoms with Crippen molar-refractivity contribution in [2.24, 2.45) is 0 Å². The fourth-order valence-electron chi connectivity index (χ4n) is 1.90. The van der Waals surface area contributed by atoms with Crippen molar-refractivity contribution in [3.05, 3.63) is 53.5 Å². The molecule has 1 aromatic heterocycles. The normalized spacial score (nSPS) is 10.4. The molecular weight excluding hydrogens is 242 g/mol. The average Bonchev–Trinajstić information content (AvgIpc) is 2.90. The van der Waals surface area contributed by atoms with Crippen molar-refractivity contribution in [1.82, 2.24) is 0 Å². The van der Waals surface area contributed by atoms with Gasteiger partial charge in [-0.15, -0.1) is 0 Å². The predicted molar refractivity (Wildman–Crippen MR) is 73.3 cm³/mol. The number of aryl methyl sites for hydroxylation is 1. The lowest BCUT2D eigenvalue weighted by molar-refractivity contribution is 0.102. The molecule has 2 rings (SSSR count). The number of nitrogens with one attached hydrogen (secondary N) is 1. The van der Waals surface area contributed by atoms with Crippen molar-refractivity contribution in [3.8, 4) is 0 Å². The summed E-state index contributed by atoms with van der Waals surface area (Å²) >= 11 is 0. The number of amides is 1. The van der Waals surface area contributed by atoms with Gasteiger partial charge >= 0.3 is 0 Å². The minimum Gasteiger partial charge on any atom is -0.469 e. The third-order valence-corrected chi connectivity index (χ3v) is 2.92. The average molecular weight is 259 g/mol. The smallest absolute Gasteiger partial charge is 0.259 e. The Labute approximate surface area is 112 Å². The Bertz CT molecular complexity index is 543. The van der Waals surface area contributed by atoms with Crippen LogP contribution in [0.15, 0.2) is 41.0 Å². The topological polar surface area (TPSA) is 62.5 Å². The molecule has 1 amide bonds. The minimum absolute atomic E-state index is 0.126. The number of aliphatic hydroxyl groups is 1. The van der Waals surface area contributed by atoms with Crippen LogP contribution in [0.1, 0.15) is 28.6 Å². The van der Waals surface area contributed by atoms with Crippen molar-refractivity contribution in [2.75, 3.05) is 11.9 Å². The highest BCUT2D eigenvalue weighted by atomic mass is 16.3. The molecule has 0 saturated heterocycles. The molecule has 0 fully saturated rings. The highest BCUT2D eigenvalue weighted by molar-refractivity contribution is 6.04. The van der Waals surface area contributed by atoms with Crippen LogP contribution in [0.4, 0.5) is 5.69 Å². The maximum atomic E-state index is 12.1. The molecule has 1 aromatic carbocycles. The van der Waals surface area contributed by atoms with Crippen molar-refractivity contribution in [2.45, 2.75) is 19.8 Å². The van der Waals surface area contributed by atoms with Gasteiger partial charge in [0, 0.05) is 18.7 Å². The minimum atomic E-state index is -0.166. The first-order valence-corrected chi connectivity index (χ1v) is 6.32. The van der Waals surface area contributed by atoms with E-state index in [0.29, 0.717) is 24.2 Å². The highest BCUT2D eigenvalue weighted by Gasteiger charge is 2.13. The number of rotatable bonds is 5. The first-order valence-electron chi connectivity index (χ1n) is 6.32. The van der Waals surface area contributed by atoms with Gasteiger partial charge in [0.05, 0.1) is 11.8 Å². The van der Waals surface area contributed by atoms with Gasteiger partial charge in [-0.05, 0) is 30.2 Å². The van der Waals surface area contributed by atoms with E-state index in [2.05, 4.69) is 5.32 Å². The van der Waals surface area contributed by atoms with Crippen molar-refractivity contribution in [3.63, 3.8) is 0 Å². The van der Waals surface area contributed by atoms with E-state index in [1.165, 1.54) is 6.26 Å². The molecular formula is C15H17NO3. The third-order valence-electron chi connectivity index (χ3n) is 2.92. The summed E-state index contributed by atoms with van der Waals surface area (Å²) in [5.41, 5.74) is 2.34. The summed E-state index contributed by atoms with van der Waals surface area (Å²) < 4.78 is 5.24. The second-order valence-corrected chi connectivity index (χ2v) is 4.24. The number of aliphatic hydroxyl groups excluding tert-OH is 1. The summed E-state index contributed by atoms with van der Waals surface area (Å²) in [5, 5.41) is 11.7. The fraction of sp³-hybridized carbons (Fsp3) is 0.267. The molecule has 0 unspecified atom stereocenters. The Kier molecular flexibility index (Phi) is 4.36. The van der Waals surface area contributed by atoms with E-state index in [9.17, 15) is 4.79 Å². The lowest BCUT2D eigenvalue weighted by Crippen LogP contribution is -2.12. The molecule has 0 radical (unpaired) electrons. The molecule has 4 nitrogen and oxygen atoms in total. The van der Waals surface area contributed by atoms with E-state index in [-0.39, 0.29) is 12.5 Å². The Morgan fingerprint density at radius 3 is 2.63 bits per heavy atom. The van der Waals surface area contributed by atoms with Crippen LogP contribution >= 0.6 is 0 Å². The van der Waals surface area contributed by atoms with Crippen LogP contribution in [-0.2, 0) is 12.8 Å². The molecule has 1 heterocycles. The van der Waals surface area contributed by atoms with Crippen LogP contribution in [0.25, 0.3) is 0 Å². The van der Waals surface area contributed by atoms with Crippen molar-refractivity contribution < 1.29 is 14.3 Å². The molecule has 0 bridgehead atoms. The van der Waals surface area contributed by atoms with Gasteiger partial charge < -0.3 is 14.8 Å². The van der Waals surface area contributed by atoms with Crippen molar-refractivity contribution >= 4 is 11.6 Å². The number of benzene rings is 1. The lowest BCUT2D eigenvalue weighted by Gasteiger charge is -2.06. The summed E-state index contributed by atoms with van der Waals surface area (Å²) in [6, 6.07) is 9.11. The SMILES string of the molecule is CCc1occc1C(=O)Nc1ccc(CCO)cc1. The van der Waals surface area contributed by atoms with Crippen LogP contribution < -0.4 is 5.32 Å². The second-order valence-electron chi connectivity index (χ2n) is 4.24. The lowest BCUT2D eigenvalue weighted by atomic mass is 10.1. The van der Waals surface area contributed by atoms with E-state index >= 15 is 0 Å². The zero-order valence-electron chi connectivity index (χ0n) is 10.8. The second kappa shape index (κ2) is 6.20. The summed E-state index contributed by atoms with van der Waals surface area (Å²) in [5.74, 6) is 0.523. The van der Waals surface area contributed by atoms with E-state index in [1.807, 2.05) is 31.2 Å². The number of carbonyl (C=O) groups is 1. The Morgan fingerprint density at radius 2 is 2.00 bits per heavy atom. The molecule has 19 heavy (non-hydrogen) atoms. The summed E-state index contributed by atoms with van der Waals surface area (Å²) in [7, 11) is 0. The number of furan rings is 1. The van der Waals surface area contributed by atoms with E-state index in [4.69, 9.17) is 9.52 Å². The van der Waals surface area contributed by atoms with E-state index in [0.717, 1.165) is 11.3 Å². The van der Waals surface area contributed by atoms with Gasteiger partial charge in [-0.1, -0.05) is 19.1 Å². The Balaban J connectivity index is 2.06. The molecule has 0 spiro atoms. The van der Waals surface area contributed by atoms with Gasteiger partial charge in [0.15, 0.2) is 0 Å². The largest absolute Gasteiger partial charge is 0.469 e. The predicted octanol–water partition coefficient (Wildman–Crippen LogP) is 2.63. The fourth-order valence-corrected chi connectivity index (χ4v) is 1.90. The molecule has 0 aliphatic rings. The standard InChI is InChI=1S/C15H17NO3/c1-2-14-13(8-10-19-14)15(18)16-12-5-3-11(4-6-12)7-9-17/h3-6,8,10,17H,2,7,9H2,1H3,(H,16,18). The van der Waals surface area contributed by atoms with Gasteiger partial charge in [-0.25, -0.2) is 0 Å². The van der Waals surface area contributed by atoms with Crippen molar-refractivity contribution in [1.29, 1.82) is 0 Å². The van der Waals surface area contributed by atoms with Crippen LogP contribution in [0.2, 0.25) is 0 Å². The maximum Gasteiger partial charge on any atom is 0.259 e. The van der Waals surface area contributed by atoms with Gasteiger partial charge in [-0.3, -0.25) is 4.79 Å². The number of carbonyl (C=O) groups excluding carboxylic acids is 1. The first kappa shape index (κ1) is 13.4. The monoisotopic (exact) mass is 259 g/mol. The number of hydrogen-bond acceptors (Lipinski definition) is 3. The van der Waals surface area contributed by atoms with Gasteiger partial charge in [0.1, 0.15) is 5.76 Å².